The smallest absolute Gasteiger partial charge is 0.165 e. The van der Waals surface area contributed by atoms with E-state index in [-0.39, 0.29) is 22.2 Å². The van der Waals surface area contributed by atoms with Crippen LogP contribution >= 0.6 is 11.8 Å². The molecule has 13 heavy (non-hydrogen) atoms. The van der Waals surface area contributed by atoms with Gasteiger partial charge in [0.2, 0.25) is 0 Å². The van der Waals surface area contributed by atoms with Gasteiger partial charge in [0.25, 0.3) is 0 Å². The van der Waals surface area contributed by atoms with E-state index in [9.17, 15) is 4.79 Å². The maximum atomic E-state index is 11.0. The molecule has 0 amide bonds. The molecule has 3 nitrogen and oxygen atoms in total. The van der Waals surface area contributed by atoms with Gasteiger partial charge in [-0.3, -0.25) is 10.2 Å². The molecule has 0 heterocycles. The molecule has 0 radical (unpaired) electrons. The quantitative estimate of drug-likeness (QED) is 0.318. The zero-order valence-electron chi connectivity index (χ0n) is 8.18. The number of ketones is 1. The van der Waals surface area contributed by atoms with Crippen LogP contribution in [0, 0.1) is 5.41 Å². The van der Waals surface area contributed by atoms with E-state index >= 15 is 0 Å². The van der Waals surface area contributed by atoms with E-state index in [0.29, 0.717) is 0 Å². The first-order valence-electron chi connectivity index (χ1n) is 4.13. The molecule has 0 spiro atoms. The minimum atomic E-state index is -0.256. The lowest BCUT2D eigenvalue weighted by Gasteiger charge is -2.05. The minimum Gasteiger partial charge on any atom is -0.512 e. The van der Waals surface area contributed by atoms with Gasteiger partial charge in [0.15, 0.2) is 5.78 Å². The Kier molecular flexibility index (Phi) is 5.46. The molecule has 0 saturated heterocycles. The van der Waals surface area contributed by atoms with E-state index in [1.807, 2.05) is 6.92 Å². The Bertz CT molecular complexity index is 242. The fraction of sp³-hybridized carbons (Fsp3) is 0.556. The van der Waals surface area contributed by atoms with Gasteiger partial charge in [-0.1, -0.05) is 6.92 Å². The Hall–Kier alpha value is -0.770. The summed E-state index contributed by atoms with van der Waals surface area (Å²) < 4.78 is 0. The highest BCUT2D eigenvalue weighted by Crippen LogP contribution is 2.15. The largest absolute Gasteiger partial charge is 0.512 e. The van der Waals surface area contributed by atoms with Crippen molar-refractivity contribution in [2.45, 2.75) is 27.2 Å². The lowest BCUT2D eigenvalue weighted by molar-refractivity contribution is -0.113. The fourth-order valence-corrected chi connectivity index (χ4v) is 1.70. The Morgan fingerprint density at radius 2 is 2.00 bits per heavy atom. The van der Waals surface area contributed by atoms with E-state index in [4.69, 9.17) is 10.5 Å². The second kappa shape index (κ2) is 5.80. The molecular weight excluding hydrogens is 186 g/mol. The Balaban J connectivity index is 4.51. The average molecular weight is 201 g/mol. The van der Waals surface area contributed by atoms with Crippen molar-refractivity contribution in [2.24, 2.45) is 0 Å². The Labute approximate surface area is 82.7 Å². The highest BCUT2D eigenvalue weighted by Gasteiger charge is 2.13. The first kappa shape index (κ1) is 12.2. The second-order valence-corrected chi connectivity index (χ2v) is 3.80. The van der Waals surface area contributed by atoms with Crippen LogP contribution in [0.25, 0.3) is 0 Å². The van der Waals surface area contributed by atoms with Crippen LogP contribution in [-0.2, 0) is 4.79 Å². The van der Waals surface area contributed by atoms with Crippen LogP contribution in [0.4, 0.5) is 0 Å². The van der Waals surface area contributed by atoms with E-state index in [1.165, 1.54) is 25.6 Å². The van der Waals surface area contributed by atoms with Crippen molar-refractivity contribution in [3.05, 3.63) is 11.3 Å². The summed E-state index contributed by atoms with van der Waals surface area (Å²) >= 11 is 1.29. The van der Waals surface area contributed by atoms with E-state index in [2.05, 4.69) is 0 Å². The number of Topliss-reactive ketones (excluding diaryl/α,β-unsaturated/α-hetero) is 1. The molecule has 0 atom stereocenters. The number of hydrogen-bond donors (Lipinski definition) is 2. The third-order valence-electron chi connectivity index (χ3n) is 1.39. The van der Waals surface area contributed by atoms with E-state index < -0.39 is 0 Å². The van der Waals surface area contributed by atoms with Crippen molar-refractivity contribution in [1.82, 2.24) is 0 Å². The summed E-state index contributed by atoms with van der Waals surface area (Å²) in [7, 11) is 0. The molecule has 0 aromatic carbocycles. The van der Waals surface area contributed by atoms with Crippen molar-refractivity contribution in [3.63, 3.8) is 0 Å². The minimum absolute atomic E-state index is 0.0684. The van der Waals surface area contributed by atoms with Gasteiger partial charge in [0.1, 0.15) is 10.8 Å². The van der Waals surface area contributed by atoms with Crippen LogP contribution in [-0.4, -0.2) is 21.7 Å². The average Bonchev–Trinajstić information content (AvgIpc) is 1.99. The standard InChI is InChI=1S/C9H15NO2S/c1-4-5-13-9(10)8(6(2)11)7(3)12/h10-11H,4-5H2,1-3H3/b8-6+,10-9?. The Morgan fingerprint density at radius 3 is 2.31 bits per heavy atom. The molecule has 0 aliphatic rings. The fourth-order valence-electron chi connectivity index (χ4n) is 0.855. The molecular formula is C9H15NO2S. The molecule has 4 heteroatoms. The summed E-state index contributed by atoms with van der Waals surface area (Å²) in [4.78, 5) is 11.0. The number of carbonyl (C=O) groups is 1. The monoisotopic (exact) mass is 201 g/mol. The predicted octanol–water partition coefficient (Wildman–Crippen LogP) is 2.53. The number of allylic oxidation sites excluding steroid dienone is 1. The van der Waals surface area contributed by atoms with Gasteiger partial charge in [-0.25, -0.2) is 0 Å². The van der Waals surface area contributed by atoms with Crippen molar-refractivity contribution >= 4 is 22.6 Å². The number of thioether (sulfide) groups is 1. The summed E-state index contributed by atoms with van der Waals surface area (Å²) in [6.07, 6.45) is 0.947. The van der Waals surface area contributed by atoms with Gasteiger partial charge < -0.3 is 5.11 Å². The van der Waals surface area contributed by atoms with Crippen molar-refractivity contribution in [2.75, 3.05) is 5.75 Å². The maximum Gasteiger partial charge on any atom is 0.165 e. The summed E-state index contributed by atoms with van der Waals surface area (Å²) in [5, 5.41) is 16.9. The molecule has 0 saturated carbocycles. The normalized spacial score (nSPS) is 12.2. The highest BCUT2D eigenvalue weighted by molar-refractivity contribution is 8.14. The van der Waals surface area contributed by atoms with Crippen molar-refractivity contribution < 1.29 is 9.90 Å². The number of aliphatic hydroxyl groups excluding tert-OH is 1. The number of aliphatic hydroxyl groups is 1. The predicted molar refractivity (Wildman–Crippen MR) is 56.5 cm³/mol. The highest BCUT2D eigenvalue weighted by atomic mass is 32.2. The molecule has 0 bridgehead atoms. The Morgan fingerprint density at radius 1 is 1.46 bits per heavy atom. The molecule has 0 aromatic heterocycles. The molecule has 0 aliphatic carbocycles. The van der Waals surface area contributed by atoms with Crippen LogP contribution < -0.4 is 0 Å². The van der Waals surface area contributed by atoms with E-state index in [0.717, 1.165) is 12.2 Å². The number of carbonyl (C=O) groups excluding carboxylic acids is 1. The lowest BCUT2D eigenvalue weighted by Crippen LogP contribution is -2.09. The maximum absolute atomic E-state index is 11.0. The van der Waals surface area contributed by atoms with Crippen molar-refractivity contribution in [3.8, 4) is 0 Å². The van der Waals surface area contributed by atoms with Gasteiger partial charge in [0, 0.05) is 0 Å². The van der Waals surface area contributed by atoms with Crippen LogP contribution in [0.15, 0.2) is 11.3 Å². The van der Waals surface area contributed by atoms with Crippen LogP contribution in [0.5, 0.6) is 0 Å². The first-order chi connectivity index (χ1) is 6.00. The third-order valence-corrected chi connectivity index (χ3v) is 2.50. The topological polar surface area (TPSA) is 61.2 Å². The molecule has 0 aliphatic heterocycles. The van der Waals surface area contributed by atoms with Crippen LogP contribution in [0.3, 0.4) is 0 Å². The van der Waals surface area contributed by atoms with Gasteiger partial charge in [0.05, 0.1) is 5.57 Å². The number of rotatable bonds is 4. The van der Waals surface area contributed by atoms with Crippen molar-refractivity contribution in [1.29, 1.82) is 5.41 Å². The van der Waals surface area contributed by atoms with Gasteiger partial charge >= 0.3 is 0 Å². The molecule has 0 rings (SSSR count). The van der Waals surface area contributed by atoms with Crippen LogP contribution in [0.1, 0.15) is 27.2 Å². The number of hydrogen-bond acceptors (Lipinski definition) is 4. The zero-order valence-corrected chi connectivity index (χ0v) is 8.99. The summed E-state index contributed by atoms with van der Waals surface area (Å²) in [5.74, 6) is 0.470. The molecule has 74 valence electrons. The van der Waals surface area contributed by atoms with Gasteiger partial charge in [-0.05, 0) is 26.0 Å². The van der Waals surface area contributed by atoms with Gasteiger partial charge in [-0.15, -0.1) is 11.8 Å². The SMILES string of the molecule is CCCSC(=N)/C(C(C)=O)=C(\C)O. The summed E-state index contributed by atoms with van der Waals surface area (Å²) in [6.45, 7) is 4.79. The molecule has 0 aromatic rings. The molecule has 0 fully saturated rings. The third kappa shape index (κ3) is 4.12. The first-order valence-corrected chi connectivity index (χ1v) is 5.11. The summed E-state index contributed by atoms with van der Waals surface area (Å²) in [6, 6.07) is 0. The molecule has 2 N–H and O–H groups in total. The molecule has 0 unspecified atom stereocenters. The van der Waals surface area contributed by atoms with Crippen LogP contribution in [0.2, 0.25) is 0 Å². The second-order valence-electron chi connectivity index (χ2n) is 2.69. The van der Waals surface area contributed by atoms with Gasteiger partial charge in [-0.2, -0.15) is 0 Å². The summed E-state index contributed by atoms with van der Waals surface area (Å²) in [5.41, 5.74) is 0.137. The number of nitrogens with one attached hydrogen (secondary N) is 1. The zero-order chi connectivity index (χ0) is 10.4. The lowest BCUT2D eigenvalue weighted by atomic mass is 10.2. The van der Waals surface area contributed by atoms with E-state index in [1.54, 1.807) is 0 Å².